The van der Waals surface area contributed by atoms with Gasteiger partial charge in [0.15, 0.2) is 5.58 Å². The summed E-state index contributed by atoms with van der Waals surface area (Å²) in [6, 6.07) is 12.7. The normalized spacial score (nSPS) is 15.9. The molecule has 0 atom stereocenters. The fraction of sp³-hybridized carbons (Fsp3) is 0.350. The predicted octanol–water partition coefficient (Wildman–Crippen LogP) is 2.59. The molecule has 8 nitrogen and oxygen atoms in total. The van der Waals surface area contributed by atoms with Crippen LogP contribution in [0.5, 0.6) is 0 Å². The molecule has 3 aromatic rings. The van der Waals surface area contributed by atoms with Crippen molar-refractivity contribution in [2.75, 3.05) is 26.2 Å². The highest BCUT2D eigenvalue weighted by Crippen LogP contribution is 2.20. The van der Waals surface area contributed by atoms with Gasteiger partial charge in [0, 0.05) is 44.9 Å². The molecule has 0 spiro atoms. The van der Waals surface area contributed by atoms with Crippen molar-refractivity contribution in [1.82, 2.24) is 14.4 Å². The fourth-order valence-electron chi connectivity index (χ4n) is 3.66. The second kappa shape index (κ2) is 7.57. The van der Waals surface area contributed by atoms with Crippen LogP contribution in [0.3, 0.4) is 0 Å². The van der Waals surface area contributed by atoms with E-state index in [0.717, 1.165) is 32.7 Å². The monoisotopic (exact) mass is 382 g/mol. The molecule has 2 aromatic carbocycles. The number of hydrogen-bond acceptors (Lipinski definition) is 6. The van der Waals surface area contributed by atoms with Crippen LogP contribution in [0, 0.1) is 17.0 Å². The van der Waals surface area contributed by atoms with Crippen molar-refractivity contribution in [3.8, 4) is 0 Å². The highest BCUT2D eigenvalue weighted by atomic mass is 16.6. The van der Waals surface area contributed by atoms with E-state index in [-0.39, 0.29) is 5.69 Å². The van der Waals surface area contributed by atoms with Gasteiger partial charge in [-0.3, -0.25) is 24.5 Å². The molecule has 1 aliphatic rings. The molecule has 0 N–H and O–H groups in total. The van der Waals surface area contributed by atoms with Gasteiger partial charge in [0.2, 0.25) is 0 Å². The Labute approximate surface area is 161 Å². The third kappa shape index (κ3) is 3.83. The lowest BCUT2D eigenvalue weighted by Crippen LogP contribution is -2.47. The molecule has 28 heavy (non-hydrogen) atoms. The van der Waals surface area contributed by atoms with Gasteiger partial charge < -0.3 is 4.42 Å². The summed E-state index contributed by atoms with van der Waals surface area (Å²) in [6.45, 7) is 6.82. The van der Waals surface area contributed by atoms with Crippen LogP contribution in [0.25, 0.3) is 11.1 Å². The summed E-state index contributed by atoms with van der Waals surface area (Å²) in [5, 5.41) is 11.0. The van der Waals surface area contributed by atoms with E-state index in [2.05, 4.69) is 41.0 Å². The second-order valence-electron chi connectivity index (χ2n) is 7.23. The van der Waals surface area contributed by atoms with E-state index in [1.807, 2.05) is 0 Å². The lowest BCUT2D eigenvalue weighted by molar-refractivity contribution is -0.384. The average molecular weight is 382 g/mol. The van der Waals surface area contributed by atoms with E-state index in [1.54, 1.807) is 0 Å². The Bertz CT molecular complexity index is 1060. The maximum absolute atomic E-state index is 12.2. The first kappa shape index (κ1) is 18.4. The van der Waals surface area contributed by atoms with E-state index in [4.69, 9.17) is 4.42 Å². The van der Waals surface area contributed by atoms with Crippen molar-refractivity contribution in [2.45, 2.75) is 20.1 Å². The SMILES string of the molecule is Cc1cccc(CN2CCN(Cn3c(=O)oc4ccc([N+](=O)[O-])cc43)CC2)c1. The van der Waals surface area contributed by atoms with Crippen molar-refractivity contribution < 1.29 is 9.34 Å². The van der Waals surface area contributed by atoms with Gasteiger partial charge in [0.05, 0.1) is 17.1 Å². The summed E-state index contributed by atoms with van der Waals surface area (Å²) < 4.78 is 6.71. The van der Waals surface area contributed by atoms with Gasteiger partial charge >= 0.3 is 5.76 Å². The van der Waals surface area contributed by atoms with Gasteiger partial charge in [-0.05, 0) is 18.6 Å². The third-order valence-electron chi connectivity index (χ3n) is 5.16. The number of non-ortho nitro benzene ring substituents is 1. The number of nitro groups is 1. The molecule has 8 heteroatoms. The molecule has 0 bridgehead atoms. The maximum atomic E-state index is 12.2. The van der Waals surface area contributed by atoms with Crippen LogP contribution in [0.1, 0.15) is 11.1 Å². The second-order valence-corrected chi connectivity index (χ2v) is 7.23. The Morgan fingerprint density at radius 3 is 2.54 bits per heavy atom. The summed E-state index contributed by atoms with van der Waals surface area (Å²) >= 11 is 0. The molecule has 1 aromatic heterocycles. The molecule has 1 saturated heterocycles. The minimum absolute atomic E-state index is 0.0509. The van der Waals surface area contributed by atoms with Gasteiger partial charge in [-0.2, -0.15) is 0 Å². The third-order valence-corrected chi connectivity index (χ3v) is 5.16. The Balaban J connectivity index is 1.43. The first-order valence-corrected chi connectivity index (χ1v) is 9.27. The van der Waals surface area contributed by atoms with Crippen LogP contribution >= 0.6 is 0 Å². The highest BCUT2D eigenvalue weighted by molar-refractivity contribution is 5.75. The van der Waals surface area contributed by atoms with Crippen molar-refractivity contribution in [2.24, 2.45) is 0 Å². The minimum Gasteiger partial charge on any atom is -0.408 e. The summed E-state index contributed by atoms with van der Waals surface area (Å²) in [5.41, 5.74) is 3.34. The molecule has 4 rings (SSSR count). The molecular weight excluding hydrogens is 360 g/mol. The Morgan fingerprint density at radius 2 is 1.82 bits per heavy atom. The summed E-state index contributed by atoms with van der Waals surface area (Å²) in [5.74, 6) is -0.488. The van der Waals surface area contributed by atoms with E-state index in [1.165, 1.54) is 33.9 Å². The largest absolute Gasteiger partial charge is 0.421 e. The lowest BCUT2D eigenvalue weighted by atomic mass is 10.1. The van der Waals surface area contributed by atoms with Gasteiger partial charge in [-0.1, -0.05) is 29.8 Å². The zero-order valence-corrected chi connectivity index (χ0v) is 15.7. The molecular formula is C20H22N4O4. The number of benzene rings is 2. The first-order valence-electron chi connectivity index (χ1n) is 9.27. The molecule has 0 unspecified atom stereocenters. The highest BCUT2D eigenvalue weighted by Gasteiger charge is 2.20. The molecule has 146 valence electrons. The van der Waals surface area contributed by atoms with E-state index in [9.17, 15) is 14.9 Å². The number of oxazole rings is 1. The van der Waals surface area contributed by atoms with Gasteiger partial charge in [-0.15, -0.1) is 0 Å². The number of rotatable bonds is 5. The quantitative estimate of drug-likeness (QED) is 0.498. The predicted molar refractivity (Wildman–Crippen MR) is 105 cm³/mol. The van der Waals surface area contributed by atoms with Crippen molar-refractivity contribution in [1.29, 1.82) is 0 Å². The lowest BCUT2D eigenvalue weighted by Gasteiger charge is -2.34. The van der Waals surface area contributed by atoms with Crippen LogP contribution in [-0.2, 0) is 13.2 Å². The van der Waals surface area contributed by atoms with Crippen molar-refractivity contribution in [3.05, 3.63) is 74.3 Å². The topological polar surface area (TPSA) is 84.8 Å². The summed E-state index contributed by atoms with van der Waals surface area (Å²) in [6.07, 6.45) is 0. The van der Waals surface area contributed by atoms with Crippen LogP contribution in [-0.4, -0.2) is 45.5 Å². The van der Waals surface area contributed by atoms with Gasteiger partial charge in [0.25, 0.3) is 5.69 Å². The molecule has 0 amide bonds. The fourth-order valence-corrected chi connectivity index (χ4v) is 3.66. The first-order chi connectivity index (χ1) is 13.5. The van der Waals surface area contributed by atoms with Crippen LogP contribution < -0.4 is 5.76 Å². The summed E-state index contributed by atoms with van der Waals surface area (Å²) in [7, 11) is 0. The van der Waals surface area contributed by atoms with E-state index < -0.39 is 10.7 Å². The summed E-state index contributed by atoms with van der Waals surface area (Å²) in [4.78, 5) is 27.3. The molecule has 0 aliphatic carbocycles. The Hall–Kier alpha value is -2.97. The Kier molecular flexibility index (Phi) is 4.97. The average Bonchev–Trinajstić information content (AvgIpc) is 2.98. The number of hydrogen-bond donors (Lipinski definition) is 0. The van der Waals surface area contributed by atoms with E-state index in [0.29, 0.717) is 17.8 Å². The molecule has 0 radical (unpaired) electrons. The number of piperazine rings is 1. The molecule has 2 heterocycles. The number of aryl methyl sites for hydroxylation is 1. The number of fused-ring (bicyclic) bond motifs is 1. The van der Waals surface area contributed by atoms with Crippen molar-refractivity contribution >= 4 is 16.8 Å². The minimum atomic E-state index is -0.488. The molecule has 1 aliphatic heterocycles. The van der Waals surface area contributed by atoms with Gasteiger partial charge in [-0.25, -0.2) is 4.79 Å². The zero-order valence-electron chi connectivity index (χ0n) is 15.7. The molecule has 0 saturated carbocycles. The number of aromatic nitrogens is 1. The number of nitro benzene ring substituents is 1. The van der Waals surface area contributed by atoms with E-state index >= 15 is 0 Å². The van der Waals surface area contributed by atoms with Crippen LogP contribution in [0.4, 0.5) is 5.69 Å². The molecule has 1 fully saturated rings. The smallest absolute Gasteiger partial charge is 0.408 e. The van der Waals surface area contributed by atoms with Crippen molar-refractivity contribution in [3.63, 3.8) is 0 Å². The van der Waals surface area contributed by atoms with Gasteiger partial charge in [0.1, 0.15) is 0 Å². The van der Waals surface area contributed by atoms with Crippen LogP contribution in [0.15, 0.2) is 51.7 Å². The van der Waals surface area contributed by atoms with Crippen LogP contribution in [0.2, 0.25) is 0 Å². The zero-order chi connectivity index (χ0) is 19.7. The Morgan fingerprint density at radius 1 is 1.07 bits per heavy atom. The standard InChI is InChI=1S/C20H22N4O4/c1-15-3-2-4-16(11-15)13-21-7-9-22(10-8-21)14-23-18-12-17(24(26)27)5-6-19(18)28-20(23)25/h2-6,11-12H,7-10,13-14H2,1H3. The maximum Gasteiger partial charge on any atom is 0.421 e. The number of nitrogens with zero attached hydrogens (tertiary/aromatic N) is 4.